The van der Waals surface area contributed by atoms with Gasteiger partial charge in [-0.05, 0) is 44.4 Å². The van der Waals surface area contributed by atoms with Crippen molar-refractivity contribution in [3.05, 3.63) is 35.4 Å². The maximum absolute atomic E-state index is 11.9. The third-order valence-electron chi connectivity index (χ3n) is 3.58. The Balaban J connectivity index is 1.87. The van der Waals surface area contributed by atoms with Gasteiger partial charge in [0.05, 0.1) is 19.8 Å². The summed E-state index contributed by atoms with van der Waals surface area (Å²) in [6.45, 7) is 4.50. The zero-order chi connectivity index (χ0) is 15.5. The molecule has 1 heterocycles. The Kier molecular flexibility index (Phi) is 4.98. The molecule has 0 N–H and O–H groups in total. The molecule has 2 rings (SSSR count). The normalized spacial score (nSPS) is 20.5. The molecule has 5 nitrogen and oxygen atoms in total. The quantitative estimate of drug-likeness (QED) is 0.782. The molecule has 116 valence electrons. The van der Waals surface area contributed by atoms with Crippen molar-refractivity contribution in [2.24, 2.45) is 0 Å². The van der Waals surface area contributed by atoms with Crippen LogP contribution in [0.4, 0.5) is 0 Å². The number of amides is 1. The molecule has 5 heteroatoms. The van der Waals surface area contributed by atoms with Crippen molar-refractivity contribution < 1.29 is 19.1 Å². The van der Waals surface area contributed by atoms with Gasteiger partial charge in [-0.3, -0.25) is 9.63 Å². The Labute approximate surface area is 125 Å². The highest BCUT2D eigenvalue weighted by Gasteiger charge is 2.32. The lowest BCUT2D eigenvalue weighted by Gasteiger charge is -2.17. The molecule has 0 bridgehead atoms. The fourth-order valence-corrected chi connectivity index (χ4v) is 2.31. The molecule has 0 radical (unpaired) electrons. The Hall–Kier alpha value is -1.43. The molecule has 1 aliphatic rings. The number of aryl methyl sites for hydroxylation is 1. The Morgan fingerprint density at radius 2 is 2.05 bits per heavy atom. The Morgan fingerprint density at radius 1 is 1.38 bits per heavy atom. The molecule has 1 saturated heterocycles. The molecule has 0 aliphatic carbocycles. The number of ether oxygens (including phenoxy) is 2. The predicted molar refractivity (Wildman–Crippen MR) is 78.8 cm³/mol. The first-order valence-corrected chi connectivity index (χ1v) is 7.14. The first-order chi connectivity index (χ1) is 9.91. The summed E-state index contributed by atoms with van der Waals surface area (Å²) in [5.74, 6) is -0.621. The molecule has 0 saturated carbocycles. The van der Waals surface area contributed by atoms with Crippen LogP contribution in [-0.4, -0.2) is 43.6 Å². The standard InChI is InChI=1S/C16H23NO4/c1-16(2)20-11-14(21-16)10-7-12-5-8-13(9-6-12)15(18)17(3)19-4/h5-6,8-9,14H,7,10-11H2,1-4H3/t14-/m0/s1. The van der Waals surface area contributed by atoms with E-state index in [1.54, 1.807) is 7.05 Å². The van der Waals surface area contributed by atoms with E-state index in [9.17, 15) is 4.79 Å². The van der Waals surface area contributed by atoms with Gasteiger partial charge in [-0.1, -0.05) is 12.1 Å². The van der Waals surface area contributed by atoms with E-state index in [0.29, 0.717) is 12.2 Å². The van der Waals surface area contributed by atoms with E-state index in [0.717, 1.165) is 12.8 Å². The van der Waals surface area contributed by atoms with E-state index in [2.05, 4.69) is 0 Å². The lowest BCUT2D eigenvalue weighted by molar-refractivity contribution is -0.138. The molecule has 1 aliphatic heterocycles. The minimum absolute atomic E-state index is 0.140. The number of hydrogen-bond acceptors (Lipinski definition) is 4. The predicted octanol–water partition coefficient (Wildman–Crippen LogP) is 2.40. The second-order valence-corrected chi connectivity index (χ2v) is 5.67. The number of benzene rings is 1. The van der Waals surface area contributed by atoms with Crippen molar-refractivity contribution in [2.75, 3.05) is 20.8 Å². The smallest absolute Gasteiger partial charge is 0.277 e. The summed E-state index contributed by atoms with van der Waals surface area (Å²) in [5.41, 5.74) is 1.80. The van der Waals surface area contributed by atoms with Crippen LogP contribution in [0.1, 0.15) is 36.2 Å². The highest BCUT2D eigenvalue weighted by atomic mass is 16.7. The first kappa shape index (κ1) is 15.9. The first-order valence-electron chi connectivity index (χ1n) is 7.14. The number of hydroxylamine groups is 2. The van der Waals surface area contributed by atoms with Gasteiger partial charge in [0.2, 0.25) is 0 Å². The summed E-state index contributed by atoms with van der Waals surface area (Å²) in [6, 6.07) is 7.58. The van der Waals surface area contributed by atoms with E-state index < -0.39 is 5.79 Å². The topological polar surface area (TPSA) is 48.0 Å². The van der Waals surface area contributed by atoms with Crippen molar-refractivity contribution >= 4 is 5.91 Å². The zero-order valence-corrected chi connectivity index (χ0v) is 13.1. The van der Waals surface area contributed by atoms with E-state index >= 15 is 0 Å². The van der Waals surface area contributed by atoms with Gasteiger partial charge in [-0.25, -0.2) is 5.06 Å². The Bertz CT molecular complexity index is 484. The van der Waals surface area contributed by atoms with Crippen molar-refractivity contribution in [2.45, 2.75) is 38.6 Å². The minimum atomic E-state index is -0.467. The summed E-state index contributed by atoms with van der Waals surface area (Å²) >= 11 is 0. The summed E-state index contributed by atoms with van der Waals surface area (Å²) in [4.78, 5) is 16.8. The van der Waals surface area contributed by atoms with Gasteiger partial charge in [0.1, 0.15) is 0 Å². The third kappa shape index (κ3) is 4.27. The van der Waals surface area contributed by atoms with Crippen LogP contribution in [0.2, 0.25) is 0 Å². The largest absolute Gasteiger partial charge is 0.348 e. The van der Waals surface area contributed by atoms with Crippen LogP contribution in [0.5, 0.6) is 0 Å². The fourth-order valence-electron chi connectivity index (χ4n) is 2.31. The number of rotatable bonds is 5. The van der Waals surface area contributed by atoms with Crippen molar-refractivity contribution in [3.63, 3.8) is 0 Å². The van der Waals surface area contributed by atoms with E-state index in [4.69, 9.17) is 14.3 Å². The number of carbonyl (C=O) groups excluding carboxylic acids is 1. The summed E-state index contributed by atoms with van der Waals surface area (Å²) in [5, 5.41) is 1.21. The molecule has 1 atom stereocenters. The second kappa shape index (κ2) is 6.56. The zero-order valence-electron chi connectivity index (χ0n) is 13.1. The molecular weight excluding hydrogens is 270 g/mol. The molecule has 0 spiro atoms. The van der Waals surface area contributed by atoms with Crippen molar-refractivity contribution in [3.8, 4) is 0 Å². The van der Waals surface area contributed by atoms with Crippen molar-refractivity contribution in [1.29, 1.82) is 0 Å². The van der Waals surface area contributed by atoms with Crippen LogP contribution < -0.4 is 0 Å². The van der Waals surface area contributed by atoms with Crippen LogP contribution in [-0.2, 0) is 20.7 Å². The van der Waals surface area contributed by atoms with Crippen LogP contribution in [0, 0.1) is 0 Å². The second-order valence-electron chi connectivity index (χ2n) is 5.67. The summed E-state index contributed by atoms with van der Waals surface area (Å²) in [6.07, 6.45) is 1.95. The third-order valence-corrected chi connectivity index (χ3v) is 3.58. The number of carbonyl (C=O) groups is 1. The maximum atomic E-state index is 11.9. The molecular formula is C16H23NO4. The molecule has 0 unspecified atom stereocenters. The van der Waals surface area contributed by atoms with Gasteiger partial charge in [0.15, 0.2) is 5.79 Å². The van der Waals surface area contributed by atoms with Gasteiger partial charge >= 0.3 is 0 Å². The minimum Gasteiger partial charge on any atom is -0.348 e. The summed E-state index contributed by atoms with van der Waals surface area (Å²) in [7, 11) is 3.06. The van der Waals surface area contributed by atoms with Gasteiger partial charge in [0.25, 0.3) is 5.91 Å². The lowest BCUT2D eigenvalue weighted by atomic mass is 10.0. The number of hydrogen-bond donors (Lipinski definition) is 0. The SMILES string of the molecule is CON(C)C(=O)c1ccc(CC[C@H]2COC(C)(C)O2)cc1. The van der Waals surface area contributed by atoms with Gasteiger partial charge in [-0.15, -0.1) is 0 Å². The molecule has 1 aromatic carbocycles. The van der Waals surface area contributed by atoms with Crippen LogP contribution >= 0.6 is 0 Å². The fraction of sp³-hybridized carbons (Fsp3) is 0.562. The van der Waals surface area contributed by atoms with E-state index in [-0.39, 0.29) is 12.0 Å². The van der Waals surface area contributed by atoms with Crippen LogP contribution in [0.25, 0.3) is 0 Å². The van der Waals surface area contributed by atoms with Gasteiger partial charge < -0.3 is 9.47 Å². The highest BCUT2D eigenvalue weighted by Crippen LogP contribution is 2.25. The van der Waals surface area contributed by atoms with Crippen LogP contribution in [0.15, 0.2) is 24.3 Å². The lowest BCUT2D eigenvalue weighted by Crippen LogP contribution is -2.25. The Morgan fingerprint density at radius 3 is 2.57 bits per heavy atom. The molecule has 21 heavy (non-hydrogen) atoms. The molecule has 1 amide bonds. The molecule has 1 aromatic rings. The molecule has 0 aromatic heterocycles. The van der Waals surface area contributed by atoms with Crippen LogP contribution in [0.3, 0.4) is 0 Å². The van der Waals surface area contributed by atoms with E-state index in [1.165, 1.54) is 17.7 Å². The number of nitrogens with zero attached hydrogens (tertiary/aromatic N) is 1. The highest BCUT2D eigenvalue weighted by molar-refractivity contribution is 5.93. The van der Waals surface area contributed by atoms with Gasteiger partial charge in [-0.2, -0.15) is 0 Å². The summed E-state index contributed by atoms with van der Waals surface area (Å²) < 4.78 is 11.3. The monoisotopic (exact) mass is 293 g/mol. The maximum Gasteiger partial charge on any atom is 0.277 e. The van der Waals surface area contributed by atoms with Crippen molar-refractivity contribution in [1.82, 2.24) is 5.06 Å². The average molecular weight is 293 g/mol. The average Bonchev–Trinajstić information content (AvgIpc) is 2.83. The van der Waals surface area contributed by atoms with E-state index in [1.807, 2.05) is 38.1 Å². The molecule has 1 fully saturated rings. The van der Waals surface area contributed by atoms with Gasteiger partial charge in [0, 0.05) is 12.6 Å².